The van der Waals surface area contributed by atoms with Crippen molar-refractivity contribution < 1.29 is 4.79 Å². The fraction of sp³-hybridized carbons (Fsp3) is 0.545. The highest BCUT2D eigenvalue weighted by atomic mass is 32.1. The van der Waals surface area contributed by atoms with Crippen molar-refractivity contribution in [2.24, 2.45) is 0 Å². The van der Waals surface area contributed by atoms with Gasteiger partial charge in [0.15, 0.2) is 0 Å². The Morgan fingerprint density at radius 1 is 1.43 bits per heavy atom. The second kappa shape index (κ2) is 2.83. The average molecular weight is 209 g/mol. The topological polar surface area (TPSA) is 29.1 Å². The van der Waals surface area contributed by atoms with E-state index in [-0.39, 0.29) is 16.9 Å². The Hall–Kier alpha value is -0.830. The normalized spacial score (nSPS) is 30.4. The fourth-order valence-corrected chi connectivity index (χ4v) is 3.11. The summed E-state index contributed by atoms with van der Waals surface area (Å²) in [5.74, 6) is 0.158. The molecule has 1 N–H and O–H groups in total. The zero-order valence-corrected chi connectivity index (χ0v) is 9.57. The van der Waals surface area contributed by atoms with Gasteiger partial charge >= 0.3 is 0 Å². The lowest BCUT2D eigenvalue weighted by Crippen LogP contribution is -2.47. The first-order chi connectivity index (χ1) is 6.46. The molecule has 14 heavy (non-hydrogen) atoms. The van der Waals surface area contributed by atoms with Gasteiger partial charge in [-0.2, -0.15) is 0 Å². The second-order valence-electron chi connectivity index (χ2n) is 4.66. The lowest BCUT2D eigenvalue weighted by Gasteiger charge is -2.36. The van der Waals surface area contributed by atoms with Crippen LogP contribution in [0.2, 0.25) is 0 Å². The lowest BCUT2D eigenvalue weighted by atomic mass is 9.73. The third-order valence-electron chi connectivity index (χ3n) is 3.41. The van der Waals surface area contributed by atoms with Crippen LogP contribution >= 0.6 is 11.3 Å². The molecule has 1 aliphatic heterocycles. The molecule has 1 unspecified atom stereocenters. The van der Waals surface area contributed by atoms with Crippen molar-refractivity contribution in [2.75, 3.05) is 0 Å². The van der Waals surface area contributed by atoms with E-state index in [4.69, 9.17) is 0 Å². The Kier molecular flexibility index (Phi) is 1.96. The summed E-state index contributed by atoms with van der Waals surface area (Å²) in [6.45, 7) is 6.35. The van der Waals surface area contributed by atoms with Crippen LogP contribution in [0.4, 0.5) is 0 Å². The number of hydrogen-bond donors (Lipinski definition) is 1. The van der Waals surface area contributed by atoms with Crippen LogP contribution in [0, 0.1) is 0 Å². The summed E-state index contributed by atoms with van der Waals surface area (Å²) in [5, 5.41) is 5.11. The highest BCUT2D eigenvalue weighted by Gasteiger charge is 2.50. The third kappa shape index (κ3) is 1.19. The van der Waals surface area contributed by atoms with Crippen molar-refractivity contribution in [3.05, 3.63) is 22.4 Å². The first kappa shape index (κ1) is 9.71. The van der Waals surface area contributed by atoms with Gasteiger partial charge in [0.1, 0.15) is 0 Å². The molecular weight excluding hydrogens is 194 g/mol. The summed E-state index contributed by atoms with van der Waals surface area (Å²) in [5.41, 5.74) is -0.201. The Labute approximate surface area is 88.3 Å². The number of carbonyl (C=O) groups is 1. The third-order valence-corrected chi connectivity index (χ3v) is 4.54. The predicted molar refractivity (Wildman–Crippen MR) is 58.5 cm³/mol. The van der Waals surface area contributed by atoms with Crippen LogP contribution in [0.1, 0.15) is 32.1 Å². The fourth-order valence-electron chi connectivity index (χ4n) is 2.06. The minimum atomic E-state index is -0.144. The van der Waals surface area contributed by atoms with Gasteiger partial charge in [-0.3, -0.25) is 4.79 Å². The molecule has 1 atom stereocenters. The first-order valence-electron chi connectivity index (χ1n) is 4.81. The van der Waals surface area contributed by atoms with E-state index in [0.29, 0.717) is 6.42 Å². The Morgan fingerprint density at radius 3 is 2.57 bits per heavy atom. The molecule has 1 aliphatic rings. The summed E-state index contributed by atoms with van der Waals surface area (Å²) in [6.07, 6.45) is 0.598. The first-order valence-corrected chi connectivity index (χ1v) is 5.69. The van der Waals surface area contributed by atoms with Crippen LogP contribution in [0.15, 0.2) is 17.5 Å². The molecule has 0 bridgehead atoms. The molecule has 0 radical (unpaired) electrons. The van der Waals surface area contributed by atoms with Gasteiger partial charge in [0.05, 0.1) is 0 Å². The number of hydrogen-bond acceptors (Lipinski definition) is 2. The van der Waals surface area contributed by atoms with E-state index in [2.05, 4.69) is 37.5 Å². The van der Waals surface area contributed by atoms with Crippen LogP contribution in [0.5, 0.6) is 0 Å². The zero-order valence-electron chi connectivity index (χ0n) is 8.76. The van der Waals surface area contributed by atoms with Gasteiger partial charge in [-0.25, -0.2) is 0 Å². The summed E-state index contributed by atoms with van der Waals surface area (Å²) < 4.78 is 0. The molecule has 2 heterocycles. The predicted octanol–water partition coefficient (Wildman–Crippen LogP) is 2.30. The van der Waals surface area contributed by atoms with Gasteiger partial charge in [0.25, 0.3) is 0 Å². The SMILES string of the molecule is CC1(C)NC(=O)CC1(C)c1cccs1. The molecule has 1 aromatic rings. The number of carbonyl (C=O) groups excluding carboxylic acids is 1. The number of nitrogens with one attached hydrogen (secondary N) is 1. The van der Waals surface area contributed by atoms with Gasteiger partial charge in [-0.05, 0) is 25.3 Å². The molecule has 0 aromatic carbocycles. The minimum Gasteiger partial charge on any atom is -0.350 e. The standard InChI is InChI=1S/C11H15NOS/c1-10(2)11(3,7-9(13)12-10)8-5-4-6-14-8/h4-6H,7H2,1-3H3,(H,12,13). The van der Waals surface area contributed by atoms with E-state index in [1.807, 2.05) is 6.07 Å². The molecule has 3 heteroatoms. The molecule has 0 saturated carbocycles. The Balaban J connectivity index is 2.45. The highest BCUT2D eigenvalue weighted by molar-refractivity contribution is 7.10. The van der Waals surface area contributed by atoms with Crippen molar-refractivity contribution in [3.63, 3.8) is 0 Å². The van der Waals surface area contributed by atoms with Crippen LogP contribution < -0.4 is 5.32 Å². The molecule has 1 fully saturated rings. The van der Waals surface area contributed by atoms with E-state index >= 15 is 0 Å². The van der Waals surface area contributed by atoms with Gasteiger partial charge in [0.2, 0.25) is 5.91 Å². The summed E-state index contributed by atoms with van der Waals surface area (Å²) in [6, 6.07) is 4.16. The number of rotatable bonds is 1. The van der Waals surface area contributed by atoms with Crippen molar-refractivity contribution in [1.29, 1.82) is 0 Å². The number of thiophene rings is 1. The van der Waals surface area contributed by atoms with Crippen molar-refractivity contribution in [3.8, 4) is 0 Å². The zero-order chi connectivity index (χ0) is 10.4. The molecule has 76 valence electrons. The number of amides is 1. The van der Waals surface area contributed by atoms with Crippen LogP contribution in [0.25, 0.3) is 0 Å². The highest BCUT2D eigenvalue weighted by Crippen LogP contribution is 2.44. The van der Waals surface area contributed by atoms with Crippen LogP contribution in [-0.4, -0.2) is 11.4 Å². The average Bonchev–Trinajstić information content (AvgIpc) is 2.58. The summed E-state index contributed by atoms with van der Waals surface area (Å²) >= 11 is 1.73. The smallest absolute Gasteiger partial charge is 0.221 e. The molecule has 1 amide bonds. The quantitative estimate of drug-likeness (QED) is 0.755. The minimum absolute atomic E-state index is 0.0573. The lowest BCUT2D eigenvalue weighted by molar-refractivity contribution is -0.119. The Bertz CT molecular complexity index is 355. The van der Waals surface area contributed by atoms with E-state index in [1.165, 1.54) is 4.88 Å². The van der Waals surface area contributed by atoms with Gasteiger partial charge in [-0.15, -0.1) is 11.3 Å². The van der Waals surface area contributed by atoms with Crippen LogP contribution in [0.3, 0.4) is 0 Å². The maximum Gasteiger partial charge on any atom is 0.221 e. The molecule has 2 nitrogen and oxygen atoms in total. The monoisotopic (exact) mass is 209 g/mol. The van der Waals surface area contributed by atoms with E-state index in [0.717, 1.165) is 0 Å². The second-order valence-corrected chi connectivity index (χ2v) is 5.61. The molecule has 2 rings (SSSR count). The molecular formula is C11H15NOS. The van der Waals surface area contributed by atoms with Gasteiger partial charge in [-0.1, -0.05) is 13.0 Å². The Morgan fingerprint density at radius 2 is 2.14 bits per heavy atom. The summed E-state index contributed by atoms with van der Waals surface area (Å²) in [4.78, 5) is 12.8. The van der Waals surface area contributed by atoms with E-state index in [9.17, 15) is 4.79 Å². The molecule has 0 aliphatic carbocycles. The van der Waals surface area contributed by atoms with Gasteiger partial charge in [0, 0.05) is 22.3 Å². The molecule has 1 aromatic heterocycles. The maximum atomic E-state index is 11.5. The van der Waals surface area contributed by atoms with E-state index < -0.39 is 0 Å². The van der Waals surface area contributed by atoms with Crippen molar-refractivity contribution >= 4 is 17.2 Å². The van der Waals surface area contributed by atoms with Crippen LogP contribution in [-0.2, 0) is 10.2 Å². The molecule has 0 spiro atoms. The molecule has 1 saturated heterocycles. The summed E-state index contributed by atoms with van der Waals surface area (Å²) in [7, 11) is 0. The van der Waals surface area contributed by atoms with Gasteiger partial charge < -0.3 is 5.32 Å². The largest absolute Gasteiger partial charge is 0.350 e. The van der Waals surface area contributed by atoms with Crippen molar-refractivity contribution in [1.82, 2.24) is 5.32 Å². The van der Waals surface area contributed by atoms with Crippen molar-refractivity contribution in [2.45, 2.75) is 38.1 Å². The van der Waals surface area contributed by atoms with E-state index in [1.54, 1.807) is 11.3 Å². The maximum absolute atomic E-state index is 11.5.